The summed E-state index contributed by atoms with van der Waals surface area (Å²) in [4.78, 5) is 26.6. The zero-order valence-corrected chi connectivity index (χ0v) is 18.8. The van der Waals surface area contributed by atoms with E-state index in [1.54, 1.807) is 36.4 Å². The second-order valence-electron chi connectivity index (χ2n) is 7.41. The van der Waals surface area contributed by atoms with Gasteiger partial charge in [-0.05, 0) is 55.4 Å². The number of nitrogens with one attached hydrogen (secondary N) is 3. The number of sulfonamides is 1. The number of nitrogens with zero attached hydrogens (tertiary/aromatic N) is 1. The molecule has 0 bridgehead atoms. The smallest absolute Gasteiger partial charge is 0.240 e. The van der Waals surface area contributed by atoms with E-state index in [-0.39, 0.29) is 23.1 Å². The van der Waals surface area contributed by atoms with E-state index < -0.39 is 10.0 Å². The van der Waals surface area contributed by atoms with Crippen molar-refractivity contribution in [3.63, 3.8) is 0 Å². The molecule has 0 radical (unpaired) electrons. The molecule has 2 aromatic carbocycles. The lowest BCUT2D eigenvalue weighted by atomic mass is 10.1. The zero-order chi connectivity index (χ0) is 23.0. The highest BCUT2D eigenvalue weighted by Crippen LogP contribution is 2.15. The van der Waals surface area contributed by atoms with Crippen molar-refractivity contribution in [2.24, 2.45) is 0 Å². The Morgan fingerprint density at radius 2 is 1.47 bits per heavy atom. The minimum atomic E-state index is -3.47. The molecule has 2 aromatic rings. The van der Waals surface area contributed by atoms with Crippen molar-refractivity contribution in [1.29, 1.82) is 0 Å². The molecule has 0 saturated carbocycles. The van der Waals surface area contributed by atoms with E-state index in [9.17, 15) is 18.0 Å². The minimum absolute atomic E-state index is 0.0859. The highest BCUT2D eigenvalue weighted by molar-refractivity contribution is 7.89. The molecule has 0 aromatic heterocycles. The number of benzene rings is 2. The Morgan fingerprint density at radius 3 is 2.03 bits per heavy atom. The largest absolute Gasteiger partial charge is 0.379 e. The Labute approximate surface area is 188 Å². The summed E-state index contributed by atoms with van der Waals surface area (Å²) in [7, 11) is -2.11. The number of anilines is 2. The maximum absolute atomic E-state index is 12.2. The van der Waals surface area contributed by atoms with Gasteiger partial charge in [0.1, 0.15) is 0 Å². The molecule has 3 N–H and O–H groups in total. The van der Waals surface area contributed by atoms with E-state index in [0.29, 0.717) is 37.6 Å². The average Bonchev–Trinajstić information content (AvgIpc) is 2.80. The second-order valence-corrected chi connectivity index (χ2v) is 9.30. The SMILES string of the molecule is CNS(=O)(=O)c1ccc(CCC(=O)Nc2ccc(NC(=O)CN3CCOCC3)cc2)cc1. The summed E-state index contributed by atoms with van der Waals surface area (Å²) in [5, 5.41) is 5.68. The highest BCUT2D eigenvalue weighted by atomic mass is 32.2. The third-order valence-corrected chi connectivity index (χ3v) is 6.50. The van der Waals surface area contributed by atoms with Gasteiger partial charge in [0.25, 0.3) is 0 Å². The Morgan fingerprint density at radius 1 is 0.906 bits per heavy atom. The predicted molar refractivity (Wildman–Crippen MR) is 122 cm³/mol. The molecule has 1 aliphatic heterocycles. The van der Waals surface area contributed by atoms with Crippen LogP contribution in [0.5, 0.6) is 0 Å². The van der Waals surface area contributed by atoms with E-state index in [4.69, 9.17) is 4.74 Å². The molecular formula is C22H28N4O5S. The average molecular weight is 461 g/mol. The van der Waals surface area contributed by atoms with Crippen LogP contribution in [0.1, 0.15) is 12.0 Å². The topological polar surface area (TPSA) is 117 Å². The first-order valence-corrected chi connectivity index (χ1v) is 11.9. The molecule has 0 unspecified atom stereocenters. The number of carbonyl (C=O) groups excluding carboxylic acids is 2. The Hall–Kier alpha value is -2.79. The van der Waals surface area contributed by atoms with Crippen molar-refractivity contribution in [3.05, 3.63) is 54.1 Å². The van der Waals surface area contributed by atoms with Gasteiger partial charge in [-0.15, -0.1) is 0 Å². The Bertz CT molecular complexity index is 1020. The summed E-state index contributed by atoms with van der Waals surface area (Å²) in [5.41, 5.74) is 2.17. The van der Waals surface area contributed by atoms with Crippen molar-refractivity contribution >= 4 is 33.2 Å². The molecule has 1 saturated heterocycles. The van der Waals surface area contributed by atoms with E-state index in [1.807, 2.05) is 4.90 Å². The van der Waals surface area contributed by atoms with Crippen LogP contribution in [0.25, 0.3) is 0 Å². The van der Waals surface area contributed by atoms with Crippen LogP contribution in [0.4, 0.5) is 11.4 Å². The third-order valence-electron chi connectivity index (χ3n) is 5.07. The van der Waals surface area contributed by atoms with Gasteiger partial charge in [0.05, 0.1) is 24.7 Å². The number of hydrogen-bond donors (Lipinski definition) is 3. The monoisotopic (exact) mass is 460 g/mol. The van der Waals surface area contributed by atoms with Crippen LogP contribution < -0.4 is 15.4 Å². The van der Waals surface area contributed by atoms with Gasteiger partial charge in [-0.3, -0.25) is 14.5 Å². The Kier molecular flexibility index (Phi) is 8.34. The van der Waals surface area contributed by atoms with Crippen LogP contribution >= 0.6 is 0 Å². The summed E-state index contributed by atoms with van der Waals surface area (Å²) in [6, 6.07) is 13.4. The number of ether oxygens (including phenoxy) is 1. The highest BCUT2D eigenvalue weighted by Gasteiger charge is 2.14. The number of hydrogen-bond acceptors (Lipinski definition) is 6. The quantitative estimate of drug-likeness (QED) is 0.521. The van der Waals surface area contributed by atoms with Crippen LogP contribution in [-0.4, -0.2) is 65.0 Å². The standard InChI is InChI=1S/C22H28N4O5S/c1-23-32(29,30)20-9-2-17(3-10-20)4-11-21(27)24-18-5-7-19(8-6-18)25-22(28)16-26-12-14-31-15-13-26/h2-3,5-10,23H,4,11-16H2,1H3,(H,24,27)(H,25,28). The fourth-order valence-corrected chi connectivity index (χ4v) is 3.96. The first-order valence-electron chi connectivity index (χ1n) is 10.4. The van der Waals surface area contributed by atoms with Gasteiger partial charge in [0, 0.05) is 30.9 Å². The van der Waals surface area contributed by atoms with Crippen molar-refractivity contribution in [2.75, 3.05) is 50.5 Å². The van der Waals surface area contributed by atoms with Gasteiger partial charge in [-0.25, -0.2) is 13.1 Å². The van der Waals surface area contributed by atoms with Crippen molar-refractivity contribution < 1.29 is 22.7 Å². The fraction of sp³-hybridized carbons (Fsp3) is 0.364. The van der Waals surface area contributed by atoms with Crippen LogP contribution in [0.2, 0.25) is 0 Å². The van der Waals surface area contributed by atoms with Gasteiger partial charge in [0.15, 0.2) is 0 Å². The summed E-state index contributed by atoms with van der Waals surface area (Å²) in [5.74, 6) is -0.238. The van der Waals surface area contributed by atoms with E-state index in [2.05, 4.69) is 15.4 Å². The maximum atomic E-state index is 12.2. The summed E-state index contributed by atoms with van der Waals surface area (Å²) < 4.78 is 31.0. The molecule has 172 valence electrons. The first kappa shape index (κ1) is 23.9. The van der Waals surface area contributed by atoms with Gasteiger partial charge in [0.2, 0.25) is 21.8 Å². The minimum Gasteiger partial charge on any atom is -0.379 e. The van der Waals surface area contributed by atoms with Crippen LogP contribution in [0.3, 0.4) is 0 Å². The van der Waals surface area contributed by atoms with Crippen molar-refractivity contribution in [3.8, 4) is 0 Å². The lowest BCUT2D eigenvalue weighted by Gasteiger charge is -2.25. The van der Waals surface area contributed by atoms with Crippen LogP contribution in [0, 0.1) is 0 Å². The molecule has 1 heterocycles. The molecule has 0 aliphatic carbocycles. The van der Waals surface area contributed by atoms with E-state index in [1.165, 1.54) is 19.2 Å². The van der Waals surface area contributed by atoms with Gasteiger partial charge >= 0.3 is 0 Å². The molecule has 3 rings (SSSR count). The number of morpholine rings is 1. The summed E-state index contributed by atoms with van der Waals surface area (Å²) in [6.45, 7) is 3.11. The lowest BCUT2D eigenvalue weighted by Crippen LogP contribution is -2.41. The predicted octanol–water partition coefficient (Wildman–Crippen LogP) is 1.44. The van der Waals surface area contributed by atoms with E-state index in [0.717, 1.165) is 18.7 Å². The molecule has 1 aliphatic rings. The number of aryl methyl sites for hydroxylation is 1. The number of carbonyl (C=O) groups is 2. The lowest BCUT2D eigenvalue weighted by molar-refractivity contribution is -0.118. The van der Waals surface area contributed by atoms with Crippen LogP contribution in [0.15, 0.2) is 53.4 Å². The van der Waals surface area contributed by atoms with Crippen molar-refractivity contribution in [1.82, 2.24) is 9.62 Å². The molecule has 1 fully saturated rings. The van der Waals surface area contributed by atoms with Crippen molar-refractivity contribution in [2.45, 2.75) is 17.7 Å². The van der Waals surface area contributed by atoms with Crippen LogP contribution in [-0.2, 0) is 30.8 Å². The molecule has 10 heteroatoms. The maximum Gasteiger partial charge on any atom is 0.240 e. The fourth-order valence-electron chi connectivity index (χ4n) is 3.23. The molecule has 9 nitrogen and oxygen atoms in total. The first-order chi connectivity index (χ1) is 15.4. The molecule has 0 atom stereocenters. The number of amides is 2. The molecular weight excluding hydrogens is 432 g/mol. The normalized spacial score (nSPS) is 14.7. The van der Waals surface area contributed by atoms with E-state index >= 15 is 0 Å². The summed E-state index contributed by atoms with van der Waals surface area (Å²) >= 11 is 0. The third kappa shape index (κ3) is 7.13. The second kappa shape index (κ2) is 11.2. The zero-order valence-electron chi connectivity index (χ0n) is 18.0. The van der Waals surface area contributed by atoms with Gasteiger partial charge in [-0.2, -0.15) is 0 Å². The van der Waals surface area contributed by atoms with Gasteiger partial charge in [-0.1, -0.05) is 12.1 Å². The number of rotatable bonds is 9. The molecule has 0 spiro atoms. The molecule has 2 amide bonds. The summed E-state index contributed by atoms with van der Waals surface area (Å²) in [6.07, 6.45) is 0.748. The molecule has 32 heavy (non-hydrogen) atoms. The van der Waals surface area contributed by atoms with Gasteiger partial charge < -0.3 is 15.4 Å². The Balaban J connectivity index is 1.43.